The van der Waals surface area contributed by atoms with Crippen molar-refractivity contribution in [3.8, 4) is 0 Å². The van der Waals surface area contributed by atoms with Crippen LogP contribution in [0, 0.1) is 40.4 Å². The van der Waals surface area contributed by atoms with Crippen LogP contribution in [0.15, 0.2) is 36.0 Å². The third-order valence-electron chi connectivity index (χ3n) is 8.81. The van der Waals surface area contributed by atoms with Crippen molar-refractivity contribution in [3.63, 3.8) is 0 Å². The second kappa shape index (κ2) is 6.46. The van der Waals surface area contributed by atoms with Crippen molar-refractivity contribution >= 4 is 11.8 Å². The Morgan fingerprint density at radius 2 is 2.00 bits per heavy atom. The monoisotopic (exact) mass is 368 g/mol. The van der Waals surface area contributed by atoms with E-state index < -0.39 is 5.97 Å². The molecule has 7 atom stereocenters. The topological polar surface area (TPSA) is 54.4 Å². The summed E-state index contributed by atoms with van der Waals surface area (Å²) in [5, 5.41) is 8.99. The van der Waals surface area contributed by atoms with Crippen molar-refractivity contribution < 1.29 is 14.7 Å². The molecule has 0 saturated heterocycles. The van der Waals surface area contributed by atoms with E-state index in [0.717, 1.165) is 18.3 Å². The van der Waals surface area contributed by atoms with Crippen LogP contribution in [-0.2, 0) is 9.59 Å². The second-order valence-corrected chi connectivity index (χ2v) is 9.89. The summed E-state index contributed by atoms with van der Waals surface area (Å²) in [6.45, 7) is 7.03. The molecule has 0 aliphatic heterocycles. The van der Waals surface area contributed by atoms with Gasteiger partial charge in [0.15, 0.2) is 5.78 Å². The van der Waals surface area contributed by atoms with Gasteiger partial charge >= 0.3 is 5.97 Å². The number of hydrogen-bond acceptors (Lipinski definition) is 2. The smallest absolute Gasteiger partial charge is 0.327 e. The summed E-state index contributed by atoms with van der Waals surface area (Å²) in [5.74, 6) is 2.30. The van der Waals surface area contributed by atoms with E-state index in [0.29, 0.717) is 23.2 Å². The Morgan fingerprint density at radius 1 is 1.22 bits per heavy atom. The van der Waals surface area contributed by atoms with Crippen LogP contribution in [0.5, 0.6) is 0 Å². The molecule has 0 spiro atoms. The summed E-state index contributed by atoms with van der Waals surface area (Å²) in [5.41, 5.74) is 1.73. The molecule has 0 amide bonds. The molecule has 4 rings (SSSR count). The molecule has 3 saturated carbocycles. The van der Waals surface area contributed by atoms with Gasteiger partial charge in [-0.15, -0.1) is 0 Å². The number of carbonyl (C=O) groups excluding carboxylic acids is 1. The third kappa shape index (κ3) is 2.85. The highest BCUT2D eigenvalue weighted by Gasteiger charge is 2.58. The van der Waals surface area contributed by atoms with E-state index in [9.17, 15) is 9.59 Å². The molecule has 3 fully saturated rings. The number of carboxylic acid groups (broad SMARTS) is 1. The minimum Gasteiger partial charge on any atom is -0.478 e. The maximum atomic E-state index is 11.9. The first-order valence-corrected chi connectivity index (χ1v) is 10.6. The minimum absolute atomic E-state index is 0.0606. The molecule has 0 aromatic carbocycles. The lowest BCUT2D eigenvalue weighted by molar-refractivity contribution is -0.131. The van der Waals surface area contributed by atoms with Crippen LogP contribution in [0.4, 0.5) is 0 Å². The predicted octanol–water partition coefficient (Wildman–Crippen LogP) is 5.19. The molecule has 0 aromatic heterocycles. The van der Waals surface area contributed by atoms with Gasteiger partial charge in [-0.25, -0.2) is 4.79 Å². The van der Waals surface area contributed by atoms with Gasteiger partial charge < -0.3 is 5.11 Å². The minimum atomic E-state index is -0.844. The SMILES string of the molecule is CC(C=CC(=O)O)C1CCC2C3CCC4=CC(=O)C=CC4(C)C3CCC12C. The Balaban J connectivity index is 1.59. The van der Waals surface area contributed by atoms with Crippen molar-refractivity contribution in [1.29, 1.82) is 0 Å². The van der Waals surface area contributed by atoms with Gasteiger partial charge in [0.25, 0.3) is 0 Å². The molecule has 3 nitrogen and oxygen atoms in total. The summed E-state index contributed by atoms with van der Waals surface area (Å²) in [7, 11) is 0. The van der Waals surface area contributed by atoms with Crippen molar-refractivity contribution in [1.82, 2.24) is 0 Å². The fourth-order valence-electron chi connectivity index (χ4n) is 7.47. The van der Waals surface area contributed by atoms with E-state index in [1.165, 1.54) is 43.8 Å². The fourth-order valence-corrected chi connectivity index (χ4v) is 7.47. The fraction of sp³-hybridized carbons (Fsp3) is 0.667. The van der Waals surface area contributed by atoms with Crippen LogP contribution in [0.25, 0.3) is 0 Å². The van der Waals surface area contributed by atoms with Crippen molar-refractivity contribution in [2.45, 2.75) is 59.3 Å². The van der Waals surface area contributed by atoms with Gasteiger partial charge in [-0.2, -0.15) is 0 Å². The van der Waals surface area contributed by atoms with Crippen LogP contribution in [0.2, 0.25) is 0 Å². The molecule has 0 aromatic rings. The summed E-state index contributed by atoms with van der Waals surface area (Å²) in [6, 6.07) is 0. The maximum absolute atomic E-state index is 11.9. The van der Waals surface area contributed by atoms with Crippen LogP contribution in [0.3, 0.4) is 0 Å². The van der Waals surface area contributed by atoms with Gasteiger partial charge in [0.05, 0.1) is 0 Å². The van der Waals surface area contributed by atoms with E-state index in [2.05, 4.69) is 26.8 Å². The van der Waals surface area contributed by atoms with Crippen molar-refractivity contribution in [2.75, 3.05) is 0 Å². The molecule has 27 heavy (non-hydrogen) atoms. The lowest BCUT2D eigenvalue weighted by Gasteiger charge is -2.57. The number of hydrogen-bond donors (Lipinski definition) is 1. The Labute approximate surface area is 162 Å². The molecule has 0 heterocycles. The number of rotatable bonds is 3. The predicted molar refractivity (Wildman–Crippen MR) is 106 cm³/mol. The number of ketones is 1. The molecular weight excluding hydrogens is 336 g/mol. The standard InChI is InChI=1S/C24H32O3/c1-15(4-9-22(26)27)19-7-8-20-18-6-5-16-14-17(25)10-12-23(16,2)21(18)11-13-24(19,20)3/h4,9-10,12,14-15,18-21H,5-8,11,13H2,1-3H3,(H,26,27). The second-order valence-electron chi connectivity index (χ2n) is 9.89. The van der Waals surface area contributed by atoms with Crippen LogP contribution in [0.1, 0.15) is 59.3 Å². The zero-order valence-corrected chi connectivity index (χ0v) is 16.8. The van der Waals surface area contributed by atoms with E-state index in [1.807, 2.05) is 12.2 Å². The summed E-state index contributed by atoms with van der Waals surface area (Å²) in [4.78, 5) is 22.8. The normalized spacial score (nSPS) is 44.4. The Hall–Kier alpha value is -1.64. The van der Waals surface area contributed by atoms with Gasteiger partial charge in [-0.05, 0) is 85.7 Å². The van der Waals surface area contributed by atoms with Crippen LogP contribution in [-0.4, -0.2) is 16.9 Å². The summed E-state index contributed by atoms with van der Waals surface area (Å²) in [6.07, 6.45) is 16.3. The number of carboxylic acids is 1. The molecule has 3 heteroatoms. The maximum Gasteiger partial charge on any atom is 0.327 e. The first kappa shape index (κ1) is 18.7. The molecule has 0 radical (unpaired) electrons. The lowest BCUT2D eigenvalue weighted by atomic mass is 9.47. The largest absolute Gasteiger partial charge is 0.478 e. The van der Waals surface area contributed by atoms with Crippen LogP contribution >= 0.6 is 0 Å². The summed E-state index contributed by atoms with van der Waals surface area (Å²) >= 11 is 0. The van der Waals surface area contributed by atoms with E-state index in [4.69, 9.17) is 5.11 Å². The highest BCUT2D eigenvalue weighted by molar-refractivity contribution is 6.01. The zero-order chi connectivity index (χ0) is 19.4. The molecular formula is C24H32O3. The first-order valence-electron chi connectivity index (χ1n) is 10.6. The number of aliphatic carboxylic acids is 1. The molecule has 4 aliphatic carbocycles. The average molecular weight is 369 g/mol. The molecule has 146 valence electrons. The van der Waals surface area contributed by atoms with Gasteiger partial charge in [-0.3, -0.25) is 4.79 Å². The van der Waals surface area contributed by atoms with E-state index >= 15 is 0 Å². The number of allylic oxidation sites excluding steroid dienone is 5. The van der Waals surface area contributed by atoms with Crippen molar-refractivity contribution in [2.24, 2.45) is 40.4 Å². The van der Waals surface area contributed by atoms with Gasteiger partial charge in [-0.1, -0.05) is 38.5 Å². The quantitative estimate of drug-likeness (QED) is 0.698. The zero-order valence-electron chi connectivity index (χ0n) is 16.8. The van der Waals surface area contributed by atoms with Crippen molar-refractivity contribution in [3.05, 3.63) is 36.0 Å². The molecule has 0 bridgehead atoms. The van der Waals surface area contributed by atoms with Gasteiger partial charge in [0.1, 0.15) is 0 Å². The highest BCUT2D eigenvalue weighted by atomic mass is 16.4. The average Bonchev–Trinajstić information content (AvgIpc) is 2.97. The van der Waals surface area contributed by atoms with Crippen LogP contribution < -0.4 is 0 Å². The first-order chi connectivity index (χ1) is 12.8. The number of carbonyl (C=O) groups is 2. The number of fused-ring (bicyclic) bond motifs is 5. The van der Waals surface area contributed by atoms with Gasteiger partial charge in [0.2, 0.25) is 0 Å². The Morgan fingerprint density at radius 3 is 2.74 bits per heavy atom. The summed E-state index contributed by atoms with van der Waals surface area (Å²) < 4.78 is 0. The molecule has 1 N–H and O–H groups in total. The molecule has 7 unspecified atom stereocenters. The van der Waals surface area contributed by atoms with E-state index in [1.54, 1.807) is 6.08 Å². The highest BCUT2D eigenvalue weighted by Crippen LogP contribution is 2.66. The lowest BCUT2D eigenvalue weighted by Crippen LogP contribution is -2.50. The third-order valence-corrected chi connectivity index (χ3v) is 8.81. The van der Waals surface area contributed by atoms with Gasteiger partial charge in [0, 0.05) is 11.5 Å². The Bertz CT molecular complexity index is 745. The molecule has 4 aliphatic rings. The van der Waals surface area contributed by atoms with E-state index in [-0.39, 0.29) is 11.2 Å². The Kier molecular flexibility index (Phi) is 4.48.